The molecule has 1 N–H and O–H groups in total. The number of hydrogen-bond donors (Lipinski definition) is 1. The standard InChI is InChI=1S/C14H14ClNO2/c1-18-14-7-4-11(9-16-14)13(17)8-10-2-5-12(15)6-3-10/h2-7,9,13,17H,8H2,1H3. The van der Waals surface area contributed by atoms with Crippen LogP contribution in [-0.2, 0) is 6.42 Å². The van der Waals surface area contributed by atoms with Crippen LogP contribution in [-0.4, -0.2) is 17.2 Å². The Bertz CT molecular complexity index is 496. The van der Waals surface area contributed by atoms with Crippen LogP contribution in [0.15, 0.2) is 42.6 Å². The Morgan fingerprint density at radius 3 is 2.50 bits per heavy atom. The summed E-state index contributed by atoms with van der Waals surface area (Å²) >= 11 is 5.81. The maximum Gasteiger partial charge on any atom is 0.212 e. The van der Waals surface area contributed by atoms with Gasteiger partial charge in [0.2, 0.25) is 5.88 Å². The molecule has 1 unspecified atom stereocenters. The second-order valence-electron chi connectivity index (χ2n) is 3.98. The summed E-state index contributed by atoms with van der Waals surface area (Å²) in [6.07, 6.45) is 1.58. The van der Waals surface area contributed by atoms with E-state index in [0.29, 0.717) is 17.3 Å². The van der Waals surface area contributed by atoms with Crippen LogP contribution in [0.2, 0.25) is 5.02 Å². The molecule has 0 aliphatic carbocycles. The Morgan fingerprint density at radius 1 is 1.22 bits per heavy atom. The van der Waals surface area contributed by atoms with Crippen LogP contribution in [0.25, 0.3) is 0 Å². The Kier molecular flexibility index (Phi) is 4.18. The molecule has 1 aromatic heterocycles. The van der Waals surface area contributed by atoms with E-state index < -0.39 is 6.10 Å². The third kappa shape index (κ3) is 3.22. The summed E-state index contributed by atoms with van der Waals surface area (Å²) in [5.74, 6) is 0.539. The normalized spacial score (nSPS) is 12.2. The summed E-state index contributed by atoms with van der Waals surface area (Å²) in [5, 5.41) is 10.8. The van der Waals surface area contributed by atoms with Gasteiger partial charge in [0, 0.05) is 23.7 Å². The first-order valence-corrected chi connectivity index (χ1v) is 5.99. The molecule has 0 amide bonds. The first kappa shape index (κ1) is 12.9. The zero-order chi connectivity index (χ0) is 13.0. The van der Waals surface area contributed by atoms with E-state index >= 15 is 0 Å². The van der Waals surface area contributed by atoms with Gasteiger partial charge in [0.15, 0.2) is 0 Å². The van der Waals surface area contributed by atoms with E-state index in [1.165, 1.54) is 0 Å². The predicted octanol–water partition coefficient (Wildman–Crippen LogP) is 3.02. The second-order valence-corrected chi connectivity index (χ2v) is 4.42. The number of nitrogens with zero attached hydrogens (tertiary/aromatic N) is 1. The number of halogens is 1. The van der Waals surface area contributed by atoms with Crippen molar-refractivity contribution in [1.82, 2.24) is 4.98 Å². The molecule has 2 rings (SSSR count). The summed E-state index contributed by atoms with van der Waals surface area (Å²) in [7, 11) is 1.56. The van der Waals surface area contributed by atoms with E-state index in [-0.39, 0.29) is 0 Å². The van der Waals surface area contributed by atoms with Crippen LogP contribution in [0, 0.1) is 0 Å². The van der Waals surface area contributed by atoms with E-state index in [2.05, 4.69) is 4.98 Å². The number of aliphatic hydroxyl groups excluding tert-OH is 1. The molecule has 0 saturated carbocycles. The molecule has 1 aromatic carbocycles. The number of benzene rings is 1. The van der Waals surface area contributed by atoms with Gasteiger partial charge in [0.05, 0.1) is 13.2 Å². The van der Waals surface area contributed by atoms with Crippen molar-refractivity contribution < 1.29 is 9.84 Å². The zero-order valence-electron chi connectivity index (χ0n) is 10.0. The summed E-state index contributed by atoms with van der Waals surface area (Å²) in [5.41, 5.74) is 1.80. The average molecular weight is 264 g/mol. The van der Waals surface area contributed by atoms with Crippen molar-refractivity contribution >= 4 is 11.6 Å². The minimum Gasteiger partial charge on any atom is -0.481 e. The van der Waals surface area contributed by atoms with Crippen molar-refractivity contribution in [3.8, 4) is 5.88 Å². The van der Waals surface area contributed by atoms with Gasteiger partial charge >= 0.3 is 0 Å². The van der Waals surface area contributed by atoms with Crippen LogP contribution in [0.1, 0.15) is 17.2 Å². The highest BCUT2D eigenvalue weighted by molar-refractivity contribution is 6.30. The summed E-state index contributed by atoms with van der Waals surface area (Å²) in [6, 6.07) is 11.0. The van der Waals surface area contributed by atoms with E-state index in [0.717, 1.165) is 11.1 Å². The van der Waals surface area contributed by atoms with Gasteiger partial charge in [-0.15, -0.1) is 0 Å². The number of pyridine rings is 1. The number of hydrogen-bond acceptors (Lipinski definition) is 3. The molecule has 94 valence electrons. The minimum atomic E-state index is -0.579. The SMILES string of the molecule is COc1ccc(C(O)Cc2ccc(Cl)cc2)cn1. The van der Waals surface area contributed by atoms with Gasteiger partial charge in [-0.1, -0.05) is 23.7 Å². The van der Waals surface area contributed by atoms with Crippen LogP contribution in [0.5, 0.6) is 5.88 Å². The number of aromatic nitrogens is 1. The Balaban J connectivity index is 2.06. The first-order valence-electron chi connectivity index (χ1n) is 5.61. The molecule has 0 radical (unpaired) electrons. The first-order chi connectivity index (χ1) is 8.69. The maximum absolute atomic E-state index is 10.1. The van der Waals surface area contributed by atoms with Gasteiger partial charge in [-0.2, -0.15) is 0 Å². The molecule has 0 bridgehead atoms. The van der Waals surface area contributed by atoms with Crippen molar-refractivity contribution in [2.24, 2.45) is 0 Å². The number of ether oxygens (including phenoxy) is 1. The summed E-state index contributed by atoms with van der Waals surface area (Å²) in [4.78, 5) is 4.07. The average Bonchev–Trinajstić information content (AvgIpc) is 2.41. The van der Waals surface area contributed by atoms with Gasteiger partial charge in [-0.05, 0) is 29.3 Å². The van der Waals surface area contributed by atoms with Gasteiger partial charge < -0.3 is 9.84 Å². The van der Waals surface area contributed by atoms with E-state index in [1.54, 1.807) is 19.4 Å². The van der Waals surface area contributed by atoms with E-state index in [4.69, 9.17) is 16.3 Å². The highest BCUT2D eigenvalue weighted by Crippen LogP contribution is 2.20. The Labute approximate surface area is 111 Å². The predicted molar refractivity (Wildman–Crippen MR) is 70.9 cm³/mol. The van der Waals surface area contributed by atoms with Crippen LogP contribution in [0.3, 0.4) is 0 Å². The number of rotatable bonds is 4. The molecule has 0 spiro atoms. The van der Waals surface area contributed by atoms with Gasteiger partial charge in [-0.3, -0.25) is 0 Å². The van der Waals surface area contributed by atoms with Crippen LogP contribution >= 0.6 is 11.6 Å². The fourth-order valence-electron chi connectivity index (χ4n) is 1.67. The topological polar surface area (TPSA) is 42.4 Å². The van der Waals surface area contributed by atoms with Gasteiger partial charge in [-0.25, -0.2) is 4.98 Å². The van der Waals surface area contributed by atoms with Crippen molar-refractivity contribution in [3.63, 3.8) is 0 Å². The lowest BCUT2D eigenvalue weighted by Crippen LogP contribution is -2.02. The molecule has 1 heterocycles. The zero-order valence-corrected chi connectivity index (χ0v) is 10.8. The quantitative estimate of drug-likeness (QED) is 0.922. The van der Waals surface area contributed by atoms with Gasteiger partial charge in [0.25, 0.3) is 0 Å². The molecular weight excluding hydrogens is 250 g/mol. The smallest absolute Gasteiger partial charge is 0.212 e. The Hall–Kier alpha value is -1.58. The molecule has 2 aromatic rings. The number of aliphatic hydroxyl groups is 1. The van der Waals surface area contributed by atoms with Crippen LogP contribution in [0.4, 0.5) is 0 Å². The highest BCUT2D eigenvalue weighted by atomic mass is 35.5. The summed E-state index contributed by atoms with van der Waals surface area (Å²) in [6.45, 7) is 0. The fraction of sp³-hybridized carbons (Fsp3) is 0.214. The second kappa shape index (κ2) is 5.85. The molecule has 0 aliphatic rings. The molecule has 0 saturated heterocycles. The monoisotopic (exact) mass is 263 g/mol. The molecule has 3 nitrogen and oxygen atoms in total. The van der Waals surface area contributed by atoms with E-state index in [1.807, 2.05) is 30.3 Å². The Morgan fingerprint density at radius 2 is 1.94 bits per heavy atom. The molecule has 1 atom stereocenters. The van der Waals surface area contributed by atoms with Gasteiger partial charge in [0.1, 0.15) is 0 Å². The molecule has 0 fully saturated rings. The third-order valence-electron chi connectivity index (χ3n) is 2.70. The lowest BCUT2D eigenvalue weighted by atomic mass is 10.0. The number of methoxy groups -OCH3 is 1. The maximum atomic E-state index is 10.1. The van der Waals surface area contributed by atoms with Crippen LogP contribution < -0.4 is 4.74 Å². The molecule has 18 heavy (non-hydrogen) atoms. The molecule has 4 heteroatoms. The molecule has 0 aliphatic heterocycles. The van der Waals surface area contributed by atoms with Crippen molar-refractivity contribution in [2.75, 3.05) is 7.11 Å². The lowest BCUT2D eigenvalue weighted by Gasteiger charge is -2.11. The van der Waals surface area contributed by atoms with Crippen molar-refractivity contribution in [2.45, 2.75) is 12.5 Å². The largest absolute Gasteiger partial charge is 0.481 e. The lowest BCUT2D eigenvalue weighted by molar-refractivity contribution is 0.178. The highest BCUT2D eigenvalue weighted by Gasteiger charge is 2.09. The molecular formula is C14H14ClNO2. The minimum absolute atomic E-state index is 0.533. The fourth-order valence-corrected chi connectivity index (χ4v) is 1.80. The van der Waals surface area contributed by atoms with Crippen molar-refractivity contribution in [3.05, 3.63) is 58.7 Å². The van der Waals surface area contributed by atoms with E-state index in [9.17, 15) is 5.11 Å². The van der Waals surface area contributed by atoms with Crippen molar-refractivity contribution in [1.29, 1.82) is 0 Å². The summed E-state index contributed by atoms with van der Waals surface area (Å²) < 4.78 is 4.97. The third-order valence-corrected chi connectivity index (χ3v) is 2.95.